The van der Waals surface area contributed by atoms with Crippen molar-refractivity contribution >= 4 is 21.7 Å². The summed E-state index contributed by atoms with van der Waals surface area (Å²) in [6.45, 7) is 1.53. The molecule has 2 heterocycles. The molecule has 1 aromatic rings. The molecule has 5 nitrogen and oxygen atoms in total. The Morgan fingerprint density at radius 1 is 0.950 bits per heavy atom. The second-order valence-electron chi connectivity index (χ2n) is 5.23. The molecule has 0 radical (unpaired) electrons. The van der Waals surface area contributed by atoms with Gasteiger partial charge in [0, 0.05) is 31.6 Å². The van der Waals surface area contributed by atoms with Crippen molar-refractivity contribution in [2.24, 2.45) is 0 Å². The SMILES string of the molecule is O=C1CCCN(S(=O)(=O)N2CCCC2)c2ccccc21. The smallest absolute Gasteiger partial charge is 0.294 e. The highest BCUT2D eigenvalue weighted by atomic mass is 32.2. The zero-order valence-electron chi connectivity index (χ0n) is 11.3. The van der Waals surface area contributed by atoms with Crippen LogP contribution in [-0.4, -0.2) is 38.1 Å². The second kappa shape index (κ2) is 5.18. The summed E-state index contributed by atoms with van der Waals surface area (Å²) < 4.78 is 28.4. The number of para-hydroxylation sites is 1. The number of nitrogens with zero attached hydrogens (tertiary/aromatic N) is 2. The zero-order chi connectivity index (χ0) is 14.2. The topological polar surface area (TPSA) is 57.7 Å². The van der Waals surface area contributed by atoms with Gasteiger partial charge >= 0.3 is 10.2 Å². The lowest BCUT2D eigenvalue weighted by Crippen LogP contribution is -2.43. The molecule has 108 valence electrons. The number of rotatable bonds is 2. The fraction of sp³-hybridized carbons (Fsp3) is 0.500. The summed E-state index contributed by atoms with van der Waals surface area (Å²) in [5.41, 5.74) is 1.05. The van der Waals surface area contributed by atoms with E-state index in [4.69, 9.17) is 0 Å². The van der Waals surface area contributed by atoms with Crippen molar-refractivity contribution in [2.45, 2.75) is 25.7 Å². The second-order valence-corrected chi connectivity index (χ2v) is 7.08. The predicted molar refractivity (Wildman–Crippen MR) is 77.1 cm³/mol. The van der Waals surface area contributed by atoms with E-state index in [1.807, 2.05) is 0 Å². The Balaban J connectivity index is 2.05. The summed E-state index contributed by atoms with van der Waals surface area (Å²) in [5.74, 6) is 0.0275. The zero-order valence-corrected chi connectivity index (χ0v) is 12.1. The third-order valence-corrected chi connectivity index (χ3v) is 5.86. The molecular weight excluding hydrogens is 276 g/mol. The van der Waals surface area contributed by atoms with Crippen LogP contribution in [-0.2, 0) is 10.2 Å². The molecule has 3 rings (SSSR count). The quantitative estimate of drug-likeness (QED) is 0.836. The van der Waals surface area contributed by atoms with Crippen molar-refractivity contribution in [3.63, 3.8) is 0 Å². The first-order valence-electron chi connectivity index (χ1n) is 7.01. The summed E-state index contributed by atoms with van der Waals surface area (Å²) >= 11 is 0. The number of carbonyl (C=O) groups excluding carboxylic acids is 1. The van der Waals surface area contributed by atoms with Gasteiger partial charge in [0.2, 0.25) is 0 Å². The van der Waals surface area contributed by atoms with Crippen LogP contribution in [0.15, 0.2) is 24.3 Å². The van der Waals surface area contributed by atoms with Gasteiger partial charge in [-0.15, -0.1) is 0 Å². The molecule has 0 aliphatic carbocycles. The number of benzene rings is 1. The minimum atomic E-state index is -3.51. The van der Waals surface area contributed by atoms with Crippen molar-refractivity contribution in [2.75, 3.05) is 23.9 Å². The third kappa shape index (κ3) is 2.23. The predicted octanol–water partition coefficient (Wildman–Crippen LogP) is 1.81. The lowest BCUT2D eigenvalue weighted by atomic mass is 10.1. The maximum atomic E-state index is 12.8. The number of hydrogen-bond acceptors (Lipinski definition) is 3. The van der Waals surface area contributed by atoms with Crippen LogP contribution in [0.1, 0.15) is 36.0 Å². The van der Waals surface area contributed by atoms with Crippen molar-refractivity contribution in [3.05, 3.63) is 29.8 Å². The summed E-state index contributed by atoms with van der Waals surface area (Å²) in [5, 5.41) is 0. The van der Waals surface area contributed by atoms with E-state index >= 15 is 0 Å². The van der Waals surface area contributed by atoms with Crippen LogP contribution in [0.5, 0.6) is 0 Å². The monoisotopic (exact) mass is 294 g/mol. The van der Waals surface area contributed by atoms with Gasteiger partial charge in [-0.25, -0.2) is 0 Å². The van der Waals surface area contributed by atoms with Crippen LogP contribution in [0, 0.1) is 0 Å². The number of Topliss-reactive ketones (excluding diaryl/α,β-unsaturated/α-hetero) is 1. The van der Waals surface area contributed by atoms with Crippen molar-refractivity contribution < 1.29 is 13.2 Å². The van der Waals surface area contributed by atoms with Crippen molar-refractivity contribution in [3.8, 4) is 0 Å². The van der Waals surface area contributed by atoms with Gasteiger partial charge in [0.1, 0.15) is 0 Å². The lowest BCUT2D eigenvalue weighted by Gasteiger charge is -2.28. The lowest BCUT2D eigenvalue weighted by molar-refractivity contribution is 0.0984. The fourth-order valence-electron chi connectivity index (χ4n) is 2.86. The molecular formula is C14H18N2O3S. The molecule has 0 saturated carbocycles. The largest absolute Gasteiger partial charge is 0.304 e. The van der Waals surface area contributed by atoms with E-state index in [2.05, 4.69) is 0 Å². The number of anilines is 1. The molecule has 1 aromatic carbocycles. The third-order valence-electron chi connectivity index (χ3n) is 3.91. The summed E-state index contributed by atoms with van der Waals surface area (Å²) in [7, 11) is -3.51. The summed E-state index contributed by atoms with van der Waals surface area (Å²) in [6.07, 6.45) is 2.80. The minimum absolute atomic E-state index is 0.0275. The van der Waals surface area contributed by atoms with E-state index < -0.39 is 10.2 Å². The van der Waals surface area contributed by atoms with Gasteiger partial charge in [-0.3, -0.25) is 9.10 Å². The first-order valence-corrected chi connectivity index (χ1v) is 8.40. The van der Waals surface area contributed by atoms with Crippen LogP contribution in [0.2, 0.25) is 0 Å². The maximum absolute atomic E-state index is 12.8. The molecule has 0 unspecified atom stereocenters. The number of ketones is 1. The minimum Gasteiger partial charge on any atom is -0.294 e. The Labute approximate surface area is 119 Å². The molecule has 0 atom stereocenters. The van der Waals surface area contributed by atoms with Gasteiger partial charge in [0.25, 0.3) is 0 Å². The molecule has 0 amide bonds. The van der Waals surface area contributed by atoms with Crippen LogP contribution >= 0.6 is 0 Å². The molecule has 0 bridgehead atoms. The van der Waals surface area contributed by atoms with E-state index in [-0.39, 0.29) is 5.78 Å². The molecule has 0 aromatic heterocycles. The van der Waals surface area contributed by atoms with E-state index in [1.165, 1.54) is 8.61 Å². The standard InChI is InChI=1S/C14H18N2O3S/c17-14-8-5-11-16(13-7-2-1-6-12(13)14)20(18,19)15-9-3-4-10-15/h1-2,6-7H,3-5,8-11H2. The number of hydrogen-bond donors (Lipinski definition) is 0. The highest BCUT2D eigenvalue weighted by Crippen LogP contribution is 2.30. The van der Waals surface area contributed by atoms with Crippen LogP contribution in [0.3, 0.4) is 0 Å². The van der Waals surface area contributed by atoms with E-state index in [0.29, 0.717) is 43.7 Å². The summed E-state index contributed by atoms with van der Waals surface area (Å²) in [4.78, 5) is 12.1. The molecule has 2 aliphatic rings. The van der Waals surface area contributed by atoms with Crippen molar-refractivity contribution in [1.82, 2.24) is 4.31 Å². The van der Waals surface area contributed by atoms with Crippen molar-refractivity contribution in [1.29, 1.82) is 0 Å². The average molecular weight is 294 g/mol. The summed E-state index contributed by atoms with van der Waals surface area (Å²) in [6, 6.07) is 7.01. The van der Waals surface area contributed by atoms with Gasteiger partial charge in [-0.2, -0.15) is 12.7 Å². The first kappa shape index (κ1) is 13.6. The molecule has 6 heteroatoms. The molecule has 0 N–H and O–H groups in total. The number of carbonyl (C=O) groups is 1. The Kier molecular flexibility index (Phi) is 3.52. The highest BCUT2D eigenvalue weighted by Gasteiger charge is 2.34. The van der Waals surface area contributed by atoms with E-state index in [1.54, 1.807) is 24.3 Å². The molecule has 0 spiro atoms. The molecule has 1 saturated heterocycles. The number of fused-ring (bicyclic) bond motifs is 1. The van der Waals surface area contributed by atoms with Gasteiger partial charge < -0.3 is 0 Å². The Morgan fingerprint density at radius 3 is 2.40 bits per heavy atom. The van der Waals surface area contributed by atoms with Gasteiger partial charge in [0.05, 0.1) is 5.69 Å². The Bertz CT molecular complexity index is 621. The van der Waals surface area contributed by atoms with Crippen LogP contribution in [0.4, 0.5) is 5.69 Å². The molecule has 20 heavy (non-hydrogen) atoms. The molecule has 1 fully saturated rings. The van der Waals surface area contributed by atoms with Gasteiger partial charge in [-0.05, 0) is 31.4 Å². The Morgan fingerprint density at radius 2 is 1.65 bits per heavy atom. The Hall–Kier alpha value is -1.40. The van der Waals surface area contributed by atoms with Crippen LogP contribution in [0.25, 0.3) is 0 Å². The van der Waals surface area contributed by atoms with Gasteiger partial charge in [-0.1, -0.05) is 12.1 Å². The average Bonchev–Trinajstić information content (AvgIpc) is 2.93. The molecule has 2 aliphatic heterocycles. The van der Waals surface area contributed by atoms with E-state index in [0.717, 1.165) is 12.8 Å². The van der Waals surface area contributed by atoms with Crippen LogP contribution < -0.4 is 4.31 Å². The normalized spacial score (nSPS) is 20.8. The maximum Gasteiger partial charge on any atom is 0.304 e. The van der Waals surface area contributed by atoms with Gasteiger partial charge in [0.15, 0.2) is 5.78 Å². The fourth-order valence-corrected chi connectivity index (χ4v) is 4.63. The first-order chi connectivity index (χ1) is 9.60. The highest BCUT2D eigenvalue weighted by molar-refractivity contribution is 7.90. The van der Waals surface area contributed by atoms with E-state index in [9.17, 15) is 13.2 Å².